The maximum atomic E-state index is 13.0. The van der Waals surface area contributed by atoms with Crippen LogP contribution in [-0.2, 0) is 16.0 Å². The Bertz CT molecular complexity index is 805. The molecule has 3 rings (SSSR count). The van der Waals surface area contributed by atoms with Gasteiger partial charge in [0, 0.05) is 11.7 Å². The molecular formula is C17H18N2O3S2. The van der Waals surface area contributed by atoms with Gasteiger partial charge in [0.1, 0.15) is 0 Å². The molecule has 126 valence electrons. The first kappa shape index (κ1) is 17.1. The van der Waals surface area contributed by atoms with Gasteiger partial charge < -0.3 is 4.74 Å². The first-order valence-corrected chi connectivity index (χ1v) is 9.63. The van der Waals surface area contributed by atoms with Crippen molar-refractivity contribution in [2.24, 2.45) is 0 Å². The fraction of sp³-hybridized carbons (Fsp3) is 0.353. The molecule has 2 heterocycles. The van der Waals surface area contributed by atoms with E-state index >= 15 is 0 Å². The normalized spacial score (nSPS) is 16.0. The lowest BCUT2D eigenvalue weighted by Crippen LogP contribution is -2.24. The van der Waals surface area contributed by atoms with Crippen molar-refractivity contribution in [3.63, 3.8) is 0 Å². The summed E-state index contributed by atoms with van der Waals surface area (Å²) in [6.45, 7) is 4.20. The molecule has 24 heavy (non-hydrogen) atoms. The molecule has 0 fully saturated rings. The Morgan fingerprint density at radius 3 is 2.88 bits per heavy atom. The average molecular weight is 362 g/mol. The van der Waals surface area contributed by atoms with E-state index in [1.807, 2.05) is 30.3 Å². The van der Waals surface area contributed by atoms with Crippen molar-refractivity contribution >= 4 is 29.5 Å². The minimum Gasteiger partial charge on any atom is -0.465 e. The van der Waals surface area contributed by atoms with Crippen LogP contribution in [0.5, 0.6) is 0 Å². The zero-order valence-corrected chi connectivity index (χ0v) is 15.2. The monoisotopic (exact) mass is 362 g/mol. The van der Waals surface area contributed by atoms with E-state index in [1.165, 1.54) is 11.8 Å². The second-order valence-corrected chi connectivity index (χ2v) is 7.76. The number of thioether (sulfide) groups is 2. The molecule has 0 spiro atoms. The van der Waals surface area contributed by atoms with Gasteiger partial charge in [0.25, 0.3) is 5.56 Å². The van der Waals surface area contributed by atoms with E-state index in [9.17, 15) is 9.59 Å². The molecule has 1 atom stereocenters. The van der Waals surface area contributed by atoms with Crippen LogP contribution in [0.25, 0.3) is 5.69 Å². The molecule has 1 aromatic carbocycles. The number of carbonyl (C=O) groups is 1. The predicted octanol–water partition coefficient (Wildman–Crippen LogP) is 2.92. The Hall–Kier alpha value is -1.73. The first-order chi connectivity index (χ1) is 11.6. The predicted molar refractivity (Wildman–Crippen MR) is 96.2 cm³/mol. The quantitative estimate of drug-likeness (QED) is 0.463. The summed E-state index contributed by atoms with van der Waals surface area (Å²) < 4.78 is 6.56. The number of ether oxygens (including phenoxy) is 1. The van der Waals surface area contributed by atoms with Gasteiger partial charge >= 0.3 is 5.97 Å². The van der Waals surface area contributed by atoms with Crippen LogP contribution in [0.1, 0.15) is 19.5 Å². The highest BCUT2D eigenvalue weighted by Gasteiger charge is 2.27. The number of carbonyl (C=O) groups excluding carboxylic acids is 1. The van der Waals surface area contributed by atoms with Crippen LogP contribution >= 0.6 is 23.5 Å². The zero-order chi connectivity index (χ0) is 17.1. The van der Waals surface area contributed by atoms with E-state index in [4.69, 9.17) is 4.74 Å². The SMILES string of the molecule is CCOC(=O)CSc1nc2c(c(=O)n1-c1ccccc1)S[C@H](C)C2. The van der Waals surface area contributed by atoms with E-state index < -0.39 is 0 Å². The molecule has 0 N–H and O–H groups in total. The minimum absolute atomic E-state index is 0.0630. The van der Waals surface area contributed by atoms with Gasteiger partial charge in [-0.3, -0.25) is 14.2 Å². The molecule has 0 bridgehead atoms. The fourth-order valence-corrected chi connectivity index (χ4v) is 4.45. The summed E-state index contributed by atoms with van der Waals surface area (Å²) in [5.74, 6) is -0.172. The van der Waals surface area contributed by atoms with E-state index in [0.717, 1.165) is 17.8 Å². The standard InChI is InChI=1S/C17H18N2O3S2/c1-3-22-14(20)10-23-17-18-13-9-11(2)24-15(13)16(21)19(17)12-7-5-4-6-8-12/h4-8,11H,3,9-10H2,1-2H3/t11-/m1/s1. The van der Waals surface area contributed by atoms with Crippen molar-refractivity contribution in [1.29, 1.82) is 0 Å². The highest BCUT2D eigenvalue weighted by Crippen LogP contribution is 2.34. The maximum absolute atomic E-state index is 13.0. The summed E-state index contributed by atoms with van der Waals surface area (Å²) in [4.78, 5) is 30.0. The molecule has 2 aromatic rings. The molecule has 0 unspecified atom stereocenters. The molecule has 0 amide bonds. The third-order valence-corrected chi connectivity index (χ3v) is 5.65. The van der Waals surface area contributed by atoms with Crippen LogP contribution in [0.2, 0.25) is 0 Å². The van der Waals surface area contributed by atoms with Crippen LogP contribution in [-0.4, -0.2) is 33.1 Å². The Labute approximate surface area is 148 Å². The summed E-state index contributed by atoms with van der Waals surface area (Å²) >= 11 is 2.81. The number of hydrogen-bond donors (Lipinski definition) is 0. The van der Waals surface area contributed by atoms with Crippen LogP contribution in [0.4, 0.5) is 0 Å². The summed E-state index contributed by atoms with van der Waals surface area (Å²) in [5.41, 5.74) is 1.52. The average Bonchev–Trinajstić information content (AvgIpc) is 2.95. The van der Waals surface area contributed by atoms with E-state index in [1.54, 1.807) is 23.3 Å². The molecule has 1 aliphatic rings. The van der Waals surface area contributed by atoms with Gasteiger partial charge in [-0.2, -0.15) is 0 Å². The molecule has 0 radical (unpaired) electrons. The number of nitrogens with zero attached hydrogens (tertiary/aromatic N) is 2. The lowest BCUT2D eigenvalue weighted by atomic mass is 10.2. The van der Waals surface area contributed by atoms with Gasteiger partial charge in [-0.15, -0.1) is 11.8 Å². The highest BCUT2D eigenvalue weighted by atomic mass is 32.2. The van der Waals surface area contributed by atoms with Crippen LogP contribution in [0.3, 0.4) is 0 Å². The number of hydrogen-bond acceptors (Lipinski definition) is 6. The third kappa shape index (κ3) is 3.52. The summed E-state index contributed by atoms with van der Waals surface area (Å²) in [6, 6.07) is 9.40. The van der Waals surface area contributed by atoms with Gasteiger partial charge in [-0.05, 0) is 19.1 Å². The highest BCUT2D eigenvalue weighted by molar-refractivity contribution is 8.00. The minimum atomic E-state index is -0.306. The molecule has 7 heteroatoms. The molecule has 0 saturated carbocycles. The number of aromatic nitrogens is 2. The Kier molecular flexibility index (Phi) is 5.30. The topological polar surface area (TPSA) is 61.2 Å². The number of para-hydroxylation sites is 1. The zero-order valence-electron chi connectivity index (χ0n) is 13.5. The molecule has 5 nitrogen and oxygen atoms in total. The molecule has 1 aliphatic heterocycles. The summed E-state index contributed by atoms with van der Waals surface area (Å²) in [6.07, 6.45) is 0.776. The summed E-state index contributed by atoms with van der Waals surface area (Å²) in [5, 5.41) is 0.877. The first-order valence-electron chi connectivity index (χ1n) is 7.76. The van der Waals surface area contributed by atoms with Gasteiger partial charge in [0.2, 0.25) is 0 Å². The fourth-order valence-electron chi connectivity index (χ4n) is 2.53. The van der Waals surface area contributed by atoms with Crippen molar-refractivity contribution in [3.8, 4) is 5.69 Å². The Balaban J connectivity index is 2.03. The lowest BCUT2D eigenvalue weighted by Gasteiger charge is -2.13. The van der Waals surface area contributed by atoms with Crippen molar-refractivity contribution in [3.05, 3.63) is 46.4 Å². The second kappa shape index (κ2) is 7.44. The molecule has 0 aliphatic carbocycles. The summed E-state index contributed by atoms with van der Waals surface area (Å²) in [7, 11) is 0. The van der Waals surface area contributed by atoms with Gasteiger partial charge in [-0.25, -0.2) is 4.98 Å². The lowest BCUT2D eigenvalue weighted by molar-refractivity contribution is -0.139. The van der Waals surface area contributed by atoms with Gasteiger partial charge in [-0.1, -0.05) is 36.9 Å². The second-order valence-electron chi connectivity index (χ2n) is 5.37. The van der Waals surface area contributed by atoms with Crippen LogP contribution in [0.15, 0.2) is 45.2 Å². The third-order valence-electron chi connectivity index (χ3n) is 3.52. The van der Waals surface area contributed by atoms with Gasteiger partial charge in [0.05, 0.1) is 28.6 Å². The molecule has 1 aromatic heterocycles. The Morgan fingerprint density at radius 1 is 1.42 bits per heavy atom. The van der Waals surface area contributed by atoms with Gasteiger partial charge in [0.15, 0.2) is 5.16 Å². The Morgan fingerprint density at radius 2 is 2.17 bits per heavy atom. The van der Waals surface area contributed by atoms with Crippen LogP contribution in [0, 0.1) is 0 Å². The van der Waals surface area contributed by atoms with Crippen molar-refractivity contribution < 1.29 is 9.53 Å². The molecule has 0 saturated heterocycles. The number of esters is 1. The maximum Gasteiger partial charge on any atom is 0.316 e. The van der Waals surface area contributed by atoms with E-state index in [0.29, 0.717) is 21.9 Å². The van der Waals surface area contributed by atoms with Crippen molar-refractivity contribution in [1.82, 2.24) is 9.55 Å². The van der Waals surface area contributed by atoms with Crippen molar-refractivity contribution in [2.75, 3.05) is 12.4 Å². The number of rotatable bonds is 5. The van der Waals surface area contributed by atoms with E-state index in [2.05, 4.69) is 11.9 Å². The smallest absolute Gasteiger partial charge is 0.316 e. The molecular weight excluding hydrogens is 344 g/mol. The largest absolute Gasteiger partial charge is 0.465 e. The number of fused-ring (bicyclic) bond motifs is 1. The van der Waals surface area contributed by atoms with Crippen LogP contribution < -0.4 is 5.56 Å². The number of benzene rings is 1. The van der Waals surface area contributed by atoms with E-state index in [-0.39, 0.29) is 17.3 Å². The van der Waals surface area contributed by atoms with Crippen molar-refractivity contribution in [2.45, 2.75) is 35.6 Å².